The van der Waals surface area contributed by atoms with Crippen LogP contribution in [0.15, 0.2) is 18.2 Å². The highest BCUT2D eigenvalue weighted by Gasteiger charge is 2.02. The average Bonchev–Trinajstić information content (AvgIpc) is 1.96. The molecule has 0 fully saturated rings. The summed E-state index contributed by atoms with van der Waals surface area (Å²) in [6.45, 7) is 1.79. The van der Waals surface area contributed by atoms with E-state index in [4.69, 9.17) is 0 Å². The zero-order chi connectivity index (χ0) is 9.14. The first-order chi connectivity index (χ1) is 5.59. The van der Waals surface area contributed by atoms with Crippen LogP contribution in [0.4, 0.5) is 4.39 Å². The van der Waals surface area contributed by atoms with E-state index < -0.39 is 16.5 Å². The van der Waals surface area contributed by atoms with Crippen LogP contribution >= 0.6 is 0 Å². The van der Waals surface area contributed by atoms with Crippen molar-refractivity contribution in [2.75, 3.05) is 0 Å². The lowest BCUT2D eigenvalue weighted by Gasteiger charge is -1.98. The van der Waals surface area contributed by atoms with Crippen molar-refractivity contribution in [2.45, 2.75) is 12.7 Å². The predicted molar refractivity (Wildman–Crippen MR) is 45.2 cm³/mol. The maximum Gasteiger partial charge on any atom is 0.144 e. The van der Waals surface area contributed by atoms with Gasteiger partial charge in [0, 0.05) is 5.56 Å². The first kappa shape index (κ1) is 9.19. The number of hydrogen-bond donors (Lipinski definition) is 1. The molecule has 0 atom stereocenters. The van der Waals surface area contributed by atoms with Crippen LogP contribution in [-0.2, 0) is 16.5 Å². The van der Waals surface area contributed by atoms with Crippen LogP contribution in [-0.4, -0.2) is 8.42 Å². The Morgan fingerprint density at radius 2 is 2.08 bits per heavy atom. The average molecular weight is 188 g/mol. The van der Waals surface area contributed by atoms with E-state index in [0.717, 1.165) is 5.56 Å². The number of benzene rings is 1. The minimum atomic E-state index is -2.55. The van der Waals surface area contributed by atoms with Gasteiger partial charge in [-0.3, -0.25) is 0 Å². The molecule has 2 nitrogen and oxygen atoms in total. The Bertz CT molecular complexity index is 350. The van der Waals surface area contributed by atoms with Crippen molar-refractivity contribution in [3.05, 3.63) is 35.1 Å². The Hall–Kier alpha value is -0.900. The molecule has 1 aromatic carbocycles. The summed E-state index contributed by atoms with van der Waals surface area (Å²) in [5, 5.41) is 0. The summed E-state index contributed by atoms with van der Waals surface area (Å²) in [5.41, 5.74) is 1.11. The first-order valence-electron chi connectivity index (χ1n) is 3.46. The Kier molecular flexibility index (Phi) is 2.81. The number of halogens is 1. The zero-order valence-corrected chi connectivity index (χ0v) is 7.48. The van der Waals surface area contributed by atoms with Crippen LogP contribution < -0.4 is 0 Å². The molecule has 0 N–H and O–H groups in total. The molecule has 0 heterocycles. The van der Waals surface area contributed by atoms with Crippen LogP contribution in [0.25, 0.3) is 0 Å². The lowest BCUT2D eigenvalue weighted by molar-refractivity contribution is 0.600. The van der Waals surface area contributed by atoms with Gasteiger partial charge in [0.15, 0.2) is 0 Å². The second-order valence-corrected chi connectivity index (χ2v) is 3.57. The van der Waals surface area contributed by atoms with Gasteiger partial charge in [0.1, 0.15) is 16.5 Å². The molecular weight excluding hydrogens is 179 g/mol. The molecule has 0 radical (unpaired) electrons. The molecule has 66 valence electrons. The molecule has 0 spiro atoms. The van der Waals surface area contributed by atoms with E-state index in [1.54, 1.807) is 19.1 Å². The normalized spacial score (nSPS) is 10.6. The van der Waals surface area contributed by atoms with Gasteiger partial charge in [0.25, 0.3) is 0 Å². The Labute approximate surface area is 72.0 Å². The van der Waals surface area contributed by atoms with Gasteiger partial charge in [0.05, 0.1) is 5.75 Å². The second kappa shape index (κ2) is 3.67. The number of rotatable bonds is 2. The molecule has 1 aromatic rings. The van der Waals surface area contributed by atoms with E-state index in [2.05, 4.69) is 0 Å². The molecule has 4 heteroatoms. The fraction of sp³-hybridized carbons (Fsp3) is 0.250. The SMILES string of the molecule is Cc1ccc(F)c(C[SH](=O)=O)c1. The minimum Gasteiger partial charge on any atom is -0.232 e. The van der Waals surface area contributed by atoms with E-state index in [1.807, 2.05) is 0 Å². The van der Waals surface area contributed by atoms with Gasteiger partial charge in [-0.15, -0.1) is 0 Å². The monoisotopic (exact) mass is 188 g/mol. The summed E-state index contributed by atoms with van der Waals surface area (Å²) in [6, 6.07) is 4.43. The summed E-state index contributed by atoms with van der Waals surface area (Å²) in [5.74, 6) is -0.678. The molecule has 0 saturated heterocycles. The van der Waals surface area contributed by atoms with Gasteiger partial charge >= 0.3 is 0 Å². The van der Waals surface area contributed by atoms with Crippen molar-refractivity contribution in [3.63, 3.8) is 0 Å². The lowest BCUT2D eigenvalue weighted by atomic mass is 10.1. The number of thiol groups is 1. The topological polar surface area (TPSA) is 34.1 Å². The van der Waals surface area contributed by atoms with Gasteiger partial charge in [-0.2, -0.15) is 0 Å². The maximum atomic E-state index is 12.9. The first-order valence-corrected chi connectivity index (χ1v) is 4.82. The zero-order valence-electron chi connectivity index (χ0n) is 6.58. The van der Waals surface area contributed by atoms with Crippen LogP contribution in [0.3, 0.4) is 0 Å². The highest BCUT2D eigenvalue weighted by Crippen LogP contribution is 2.10. The van der Waals surface area contributed by atoms with Crippen LogP contribution in [0.1, 0.15) is 11.1 Å². The predicted octanol–water partition coefficient (Wildman–Crippen LogP) is 1.25. The third kappa shape index (κ3) is 2.30. The van der Waals surface area contributed by atoms with Gasteiger partial charge in [0.2, 0.25) is 0 Å². The van der Waals surface area contributed by atoms with Crippen molar-refractivity contribution in [2.24, 2.45) is 0 Å². The smallest absolute Gasteiger partial charge is 0.144 e. The molecule has 0 bridgehead atoms. The molecule has 0 unspecified atom stereocenters. The van der Waals surface area contributed by atoms with Crippen LogP contribution in [0.5, 0.6) is 0 Å². The number of hydrogen-bond acceptors (Lipinski definition) is 2. The summed E-state index contributed by atoms with van der Waals surface area (Å²) < 4.78 is 33.5. The third-order valence-electron chi connectivity index (χ3n) is 1.50. The van der Waals surface area contributed by atoms with Crippen molar-refractivity contribution >= 4 is 10.7 Å². The molecule has 0 saturated carbocycles. The Balaban J connectivity index is 3.05. The highest BCUT2D eigenvalue weighted by molar-refractivity contribution is 7.71. The molecule has 0 aliphatic carbocycles. The van der Waals surface area contributed by atoms with Crippen molar-refractivity contribution in [1.82, 2.24) is 0 Å². The maximum absolute atomic E-state index is 12.9. The molecule has 0 aromatic heterocycles. The minimum absolute atomic E-state index is 0.219. The quantitative estimate of drug-likeness (QED) is 0.709. The summed E-state index contributed by atoms with van der Waals surface area (Å²) in [4.78, 5) is 0. The molecule has 0 amide bonds. The van der Waals surface area contributed by atoms with Gasteiger partial charge in [-0.05, 0) is 13.0 Å². The van der Waals surface area contributed by atoms with Crippen LogP contribution in [0, 0.1) is 12.7 Å². The summed E-state index contributed by atoms with van der Waals surface area (Å²) in [6.07, 6.45) is 0. The van der Waals surface area contributed by atoms with E-state index in [9.17, 15) is 12.8 Å². The Morgan fingerprint density at radius 3 is 2.67 bits per heavy atom. The van der Waals surface area contributed by atoms with E-state index in [-0.39, 0.29) is 11.3 Å². The van der Waals surface area contributed by atoms with E-state index in [1.165, 1.54) is 6.07 Å². The molecule has 1 rings (SSSR count). The molecule has 12 heavy (non-hydrogen) atoms. The largest absolute Gasteiger partial charge is 0.232 e. The molecular formula is C8H9FO2S. The van der Waals surface area contributed by atoms with Crippen molar-refractivity contribution in [3.8, 4) is 0 Å². The van der Waals surface area contributed by atoms with Crippen molar-refractivity contribution < 1.29 is 12.8 Å². The third-order valence-corrected chi connectivity index (χ3v) is 2.10. The van der Waals surface area contributed by atoms with E-state index in [0.29, 0.717) is 0 Å². The van der Waals surface area contributed by atoms with Crippen molar-refractivity contribution in [1.29, 1.82) is 0 Å². The Morgan fingerprint density at radius 1 is 1.42 bits per heavy atom. The summed E-state index contributed by atoms with van der Waals surface area (Å²) in [7, 11) is -2.55. The molecule has 0 aliphatic rings. The lowest BCUT2D eigenvalue weighted by Crippen LogP contribution is -1.92. The second-order valence-electron chi connectivity index (χ2n) is 2.59. The fourth-order valence-corrected chi connectivity index (χ4v) is 1.48. The molecule has 0 aliphatic heterocycles. The fourth-order valence-electron chi connectivity index (χ4n) is 0.964. The van der Waals surface area contributed by atoms with Crippen LogP contribution in [0.2, 0.25) is 0 Å². The van der Waals surface area contributed by atoms with E-state index >= 15 is 0 Å². The highest BCUT2D eigenvalue weighted by atomic mass is 32.2. The standard InChI is InChI=1S/C8H9FO2S/c1-6-2-3-8(9)7(4-6)5-12(10)11/h2-4,12H,5H2,1H3. The van der Waals surface area contributed by atoms with Gasteiger partial charge in [-0.1, -0.05) is 17.7 Å². The van der Waals surface area contributed by atoms with Gasteiger partial charge < -0.3 is 0 Å². The van der Waals surface area contributed by atoms with Gasteiger partial charge in [-0.25, -0.2) is 12.8 Å². The number of aryl methyl sites for hydroxylation is 1. The summed E-state index contributed by atoms with van der Waals surface area (Å²) >= 11 is 0.